The van der Waals surface area contributed by atoms with Crippen LogP contribution in [-0.2, 0) is 16.0 Å². The Morgan fingerprint density at radius 2 is 1.35 bits per heavy atom. The van der Waals surface area contributed by atoms with Crippen LogP contribution in [0.5, 0.6) is 0 Å². The van der Waals surface area contributed by atoms with Crippen molar-refractivity contribution in [1.29, 1.82) is 5.26 Å². The third-order valence-electron chi connectivity index (χ3n) is 5.52. The van der Waals surface area contributed by atoms with Gasteiger partial charge in [0, 0.05) is 44.0 Å². The molecule has 0 unspecified atom stereocenters. The molecule has 2 N–H and O–H groups in total. The fraction of sp³-hybridized carbons (Fsp3) is 0.483. The SMILES string of the molecule is C[Si](C)(C)C#Cc1ccc(N(CCO)CCOCCOCCN(CCO)Cc2ccc(C#N)cc2)cc1. The Morgan fingerprint density at radius 3 is 1.92 bits per heavy atom. The normalized spacial score (nSPS) is 11.2. The zero-order valence-electron chi connectivity index (χ0n) is 22.4. The number of hydrogen-bond acceptors (Lipinski definition) is 7. The summed E-state index contributed by atoms with van der Waals surface area (Å²) in [4.78, 5) is 4.23. The van der Waals surface area contributed by atoms with Gasteiger partial charge < -0.3 is 24.6 Å². The van der Waals surface area contributed by atoms with E-state index in [9.17, 15) is 10.2 Å². The highest BCUT2D eigenvalue weighted by Gasteiger charge is 2.09. The van der Waals surface area contributed by atoms with Gasteiger partial charge in [0.2, 0.25) is 0 Å². The van der Waals surface area contributed by atoms with E-state index < -0.39 is 8.07 Å². The first-order valence-electron chi connectivity index (χ1n) is 12.8. The molecule has 0 saturated heterocycles. The van der Waals surface area contributed by atoms with Crippen molar-refractivity contribution < 1.29 is 19.7 Å². The van der Waals surface area contributed by atoms with Gasteiger partial charge >= 0.3 is 0 Å². The van der Waals surface area contributed by atoms with Crippen LogP contribution >= 0.6 is 0 Å². The molecule has 2 aromatic rings. The molecule has 8 heteroatoms. The second kappa shape index (κ2) is 16.9. The van der Waals surface area contributed by atoms with Crippen LogP contribution in [0.1, 0.15) is 16.7 Å². The molecule has 0 saturated carbocycles. The molecule has 0 heterocycles. The van der Waals surface area contributed by atoms with Crippen LogP contribution in [0.15, 0.2) is 48.5 Å². The van der Waals surface area contributed by atoms with Crippen molar-refractivity contribution in [2.24, 2.45) is 0 Å². The smallest absolute Gasteiger partial charge is 0.129 e. The first kappa shape index (κ1) is 30.5. The number of nitriles is 1. The maximum Gasteiger partial charge on any atom is 0.129 e. The molecule has 0 aliphatic heterocycles. The number of nitrogens with zero attached hydrogens (tertiary/aromatic N) is 3. The van der Waals surface area contributed by atoms with Gasteiger partial charge in [0.1, 0.15) is 8.07 Å². The highest BCUT2D eigenvalue weighted by atomic mass is 28.3. The van der Waals surface area contributed by atoms with Crippen LogP contribution in [-0.4, -0.2) is 89.0 Å². The van der Waals surface area contributed by atoms with Crippen LogP contribution in [0, 0.1) is 22.8 Å². The van der Waals surface area contributed by atoms with Gasteiger partial charge in [0.25, 0.3) is 0 Å². The summed E-state index contributed by atoms with van der Waals surface area (Å²) in [6.45, 7) is 12.1. The Labute approximate surface area is 223 Å². The number of aliphatic hydroxyl groups excluding tert-OH is 2. The maximum absolute atomic E-state index is 9.47. The molecular formula is C29H41N3O4Si. The van der Waals surface area contributed by atoms with E-state index in [-0.39, 0.29) is 13.2 Å². The number of anilines is 1. The highest BCUT2D eigenvalue weighted by Crippen LogP contribution is 2.15. The molecule has 2 rings (SSSR count). The fourth-order valence-electron chi connectivity index (χ4n) is 3.55. The van der Waals surface area contributed by atoms with Crippen LogP contribution in [0.2, 0.25) is 19.6 Å². The minimum absolute atomic E-state index is 0.0765. The third-order valence-corrected chi connectivity index (χ3v) is 6.39. The zero-order chi connectivity index (χ0) is 26.9. The van der Waals surface area contributed by atoms with E-state index in [0.717, 1.165) is 16.8 Å². The van der Waals surface area contributed by atoms with Crippen molar-refractivity contribution in [3.05, 3.63) is 65.2 Å². The monoisotopic (exact) mass is 523 g/mol. The Kier molecular flexibility index (Phi) is 14.0. The topological polar surface area (TPSA) is 89.2 Å². The van der Waals surface area contributed by atoms with Gasteiger partial charge in [0.15, 0.2) is 0 Å². The molecular weight excluding hydrogens is 482 g/mol. The number of hydrogen-bond donors (Lipinski definition) is 2. The molecule has 0 spiro atoms. The average molecular weight is 524 g/mol. The molecule has 37 heavy (non-hydrogen) atoms. The fourth-order valence-corrected chi connectivity index (χ4v) is 4.07. The molecule has 0 aliphatic rings. The first-order chi connectivity index (χ1) is 17.8. The average Bonchev–Trinajstić information content (AvgIpc) is 2.88. The molecule has 2 aromatic carbocycles. The van der Waals surface area contributed by atoms with Gasteiger partial charge in [-0.3, -0.25) is 4.90 Å². The molecule has 0 aliphatic carbocycles. The van der Waals surface area contributed by atoms with E-state index in [4.69, 9.17) is 14.7 Å². The van der Waals surface area contributed by atoms with E-state index in [1.165, 1.54) is 0 Å². The lowest BCUT2D eigenvalue weighted by Gasteiger charge is -2.24. The van der Waals surface area contributed by atoms with E-state index in [2.05, 4.69) is 47.0 Å². The quantitative estimate of drug-likeness (QED) is 0.199. The van der Waals surface area contributed by atoms with Gasteiger partial charge in [-0.2, -0.15) is 5.26 Å². The minimum atomic E-state index is -1.40. The number of ether oxygens (including phenoxy) is 2. The van der Waals surface area contributed by atoms with Crippen LogP contribution < -0.4 is 4.90 Å². The highest BCUT2D eigenvalue weighted by molar-refractivity contribution is 6.83. The van der Waals surface area contributed by atoms with Crippen molar-refractivity contribution in [3.63, 3.8) is 0 Å². The molecule has 0 radical (unpaired) electrons. The van der Waals surface area contributed by atoms with Gasteiger partial charge in [-0.15, -0.1) is 5.54 Å². The molecule has 7 nitrogen and oxygen atoms in total. The van der Waals surface area contributed by atoms with Gasteiger partial charge in [-0.05, 0) is 42.0 Å². The summed E-state index contributed by atoms with van der Waals surface area (Å²) < 4.78 is 11.5. The largest absolute Gasteiger partial charge is 0.395 e. The second-order valence-electron chi connectivity index (χ2n) is 9.79. The second-order valence-corrected chi connectivity index (χ2v) is 14.5. The molecule has 0 fully saturated rings. The van der Waals surface area contributed by atoms with Crippen molar-refractivity contribution in [3.8, 4) is 17.5 Å². The van der Waals surface area contributed by atoms with E-state index >= 15 is 0 Å². The summed E-state index contributed by atoms with van der Waals surface area (Å²) in [5.41, 5.74) is 7.17. The zero-order valence-corrected chi connectivity index (χ0v) is 23.4. The number of rotatable bonds is 16. The summed E-state index contributed by atoms with van der Waals surface area (Å²) in [7, 11) is -1.40. The molecule has 200 valence electrons. The van der Waals surface area contributed by atoms with Gasteiger partial charge in [-0.1, -0.05) is 37.7 Å². The molecule has 0 atom stereocenters. The Bertz CT molecular complexity index is 1010. The summed E-state index contributed by atoms with van der Waals surface area (Å²) >= 11 is 0. The number of benzene rings is 2. The van der Waals surface area contributed by atoms with Crippen molar-refractivity contribution in [1.82, 2.24) is 4.90 Å². The van der Waals surface area contributed by atoms with Crippen molar-refractivity contribution in [2.45, 2.75) is 26.2 Å². The predicted molar refractivity (Wildman–Crippen MR) is 151 cm³/mol. The summed E-state index contributed by atoms with van der Waals surface area (Å²) in [6, 6.07) is 17.8. The lowest BCUT2D eigenvalue weighted by Crippen LogP contribution is -2.31. The predicted octanol–water partition coefficient (Wildman–Crippen LogP) is 3.11. The molecule has 0 aromatic heterocycles. The molecule has 0 bridgehead atoms. The minimum Gasteiger partial charge on any atom is -0.395 e. The van der Waals surface area contributed by atoms with Crippen LogP contribution in [0.3, 0.4) is 0 Å². The maximum atomic E-state index is 9.47. The standard InChI is InChI=1S/C29H41N3O4Si/c1-37(2,3)23-12-26-8-10-29(11-9-26)32(14-18-34)16-20-36-22-21-35-19-15-31(13-17-33)25-28-6-4-27(24-30)5-7-28/h4-11,33-34H,13-22,25H2,1-3H3. The van der Waals surface area contributed by atoms with Gasteiger partial charge in [0.05, 0.1) is 51.3 Å². The van der Waals surface area contributed by atoms with Crippen molar-refractivity contribution in [2.75, 3.05) is 70.7 Å². The third kappa shape index (κ3) is 12.9. The summed E-state index contributed by atoms with van der Waals surface area (Å²) in [6.07, 6.45) is 0. The Balaban J connectivity index is 1.67. The van der Waals surface area contributed by atoms with Crippen LogP contribution in [0.25, 0.3) is 0 Å². The summed E-state index contributed by atoms with van der Waals surface area (Å²) in [5, 5.41) is 27.8. The summed E-state index contributed by atoms with van der Waals surface area (Å²) in [5.74, 6) is 3.27. The number of aliphatic hydroxyl groups is 2. The van der Waals surface area contributed by atoms with Gasteiger partial charge in [-0.25, -0.2) is 0 Å². The lowest BCUT2D eigenvalue weighted by molar-refractivity contribution is 0.0378. The lowest BCUT2D eigenvalue weighted by atomic mass is 10.1. The van der Waals surface area contributed by atoms with E-state index in [1.807, 2.05) is 36.4 Å². The van der Waals surface area contributed by atoms with E-state index in [1.54, 1.807) is 12.1 Å². The Morgan fingerprint density at radius 1 is 0.757 bits per heavy atom. The molecule has 0 amide bonds. The van der Waals surface area contributed by atoms with Crippen molar-refractivity contribution >= 4 is 13.8 Å². The Hall–Kier alpha value is -2.69. The first-order valence-corrected chi connectivity index (χ1v) is 16.3. The van der Waals surface area contributed by atoms with E-state index in [0.29, 0.717) is 64.7 Å². The van der Waals surface area contributed by atoms with Crippen LogP contribution in [0.4, 0.5) is 5.69 Å².